The molecule has 1 saturated heterocycles. The first kappa shape index (κ1) is 18.7. The SMILES string of the molecule is Cc1sc(-c2ccccc2)nc1C(=O)Nc1ccc(N2CCN(C)CC2)cc1. The van der Waals surface area contributed by atoms with E-state index in [0.29, 0.717) is 5.69 Å². The summed E-state index contributed by atoms with van der Waals surface area (Å²) in [5, 5.41) is 3.85. The van der Waals surface area contributed by atoms with Gasteiger partial charge in [0.05, 0.1) is 0 Å². The molecule has 1 amide bonds. The minimum absolute atomic E-state index is 0.164. The van der Waals surface area contributed by atoms with Gasteiger partial charge in [-0.3, -0.25) is 4.79 Å². The highest BCUT2D eigenvalue weighted by Gasteiger charge is 2.17. The fourth-order valence-corrected chi connectivity index (χ4v) is 4.24. The Kier molecular flexibility index (Phi) is 5.41. The van der Waals surface area contributed by atoms with E-state index in [2.05, 4.69) is 39.3 Å². The molecule has 1 aliphatic rings. The summed E-state index contributed by atoms with van der Waals surface area (Å²) in [6, 6.07) is 18.0. The van der Waals surface area contributed by atoms with Crippen LogP contribution in [-0.4, -0.2) is 49.0 Å². The molecular weight excluding hydrogens is 368 g/mol. The Morgan fingerprint density at radius 1 is 1.00 bits per heavy atom. The van der Waals surface area contributed by atoms with Gasteiger partial charge in [0, 0.05) is 48.0 Å². The van der Waals surface area contributed by atoms with Crippen molar-refractivity contribution in [2.45, 2.75) is 6.92 Å². The van der Waals surface area contributed by atoms with E-state index >= 15 is 0 Å². The van der Waals surface area contributed by atoms with Gasteiger partial charge in [-0.1, -0.05) is 30.3 Å². The first-order valence-electron chi connectivity index (χ1n) is 9.48. The molecule has 5 nitrogen and oxygen atoms in total. The summed E-state index contributed by atoms with van der Waals surface area (Å²) in [5.41, 5.74) is 3.51. The fraction of sp³-hybridized carbons (Fsp3) is 0.273. The van der Waals surface area contributed by atoms with Crippen molar-refractivity contribution >= 4 is 28.6 Å². The van der Waals surface area contributed by atoms with Crippen molar-refractivity contribution in [2.24, 2.45) is 0 Å². The van der Waals surface area contributed by atoms with Gasteiger partial charge in [-0.05, 0) is 38.2 Å². The van der Waals surface area contributed by atoms with Crippen molar-refractivity contribution < 1.29 is 4.79 Å². The number of benzene rings is 2. The lowest BCUT2D eigenvalue weighted by molar-refractivity contribution is 0.102. The molecular formula is C22H24N4OS. The second-order valence-corrected chi connectivity index (χ2v) is 8.28. The van der Waals surface area contributed by atoms with Crippen LogP contribution in [0.5, 0.6) is 0 Å². The van der Waals surface area contributed by atoms with Gasteiger partial charge in [-0.25, -0.2) is 4.98 Å². The van der Waals surface area contributed by atoms with E-state index < -0.39 is 0 Å². The van der Waals surface area contributed by atoms with Crippen LogP contribution in [0, 0.1) is 6.92 Å². The van der Waals surface area contributed by atoms with Crippen LogP contribution in [0.25, 0.3) is 10.6 Å². The number of hydrogen-bond donors (Lipinski definition) is 1. The fourth-order valence-electron chi connectivity index (χ4n) is 3.32. The Morgan fingerprint density at radius 3 is 2.36 bits per heavy atom. The quantitative estimate of drug-likeness (QED) is 0.726. The molecule has 0 aliphatic carbocycles. The topological polar surface area (TPSA) is 48.5 Å². The molecule has 0 spiro atoms. The molecule has 1 N–H and O–H groups in total. The van der Waals surface area contributed by atoms with E-state index in [1.54, 1.807) is 11.3 Å². The molecule has 2 aromatic carbocycles. The van der Waals surface area contributed by atoms with E-state index in [4.69, 9.17) is 0 Å². The second-order valence-electron chi connectivity index (χ2n) is 7.08. The molecule has 0 bridgehead atoms. The van der Waals surface area contributed by atoms with Gasteiger partial charge in [-0.15, -0.1) is 11.3 Å². The molecule has 144 valence electrons. The molecule has 0 atom stereocenters. The number of nitrogens with one attached hydrogen (secondary N) is 1. The highest BCUT2D eigenvalue weighted by molar-refractivity contribution is 7.15. The minimum Gasteiger partial charge on any atom is -0.369 e. The van der Waals surface area contributed by atoms with Crippen molar-refractivity contribution in [3.8, 4) is 10.6 Å². The summed E-state index contributed by atoms with van der Waals surface area (Å²) >= 11 is 1.55. The zero-order chi connectivity index (χ0) is 19.5. The molecule has 1 aliphatic heterocycles. The average molecular weight is 393 g/mol. The van der Waals surface area contributed by atoms with Crippen LogP contribution in [0.1, 0.15) is 15.4 Å². The number of anilines is 2. The molecule has 28 heavy (non-hydrogen) atoms. The number of carbonyl (C=O) groups excluding carboxylic acids is 1. The van der Waals surface area contributed by atoms with Crippen molar-refractivity contribution in [3.05, 3.63) is 65.2 Å². The maximum atomic E-state index is 12.7. The second kappa shape index (κ2) is 8.12. The van der Waals surface area contributed by atoms with Gasteiger partial charge in [0.1, 0.15) is 10.7 Å². The third-order valence-corrected chi connectivity index (χ3v) is 6.05. The molecule has 3 aromatic rings. The van der Waals surface area contributed by atoms with Gasteiger partial charge < -0.3 is 15.1 Å². The minimum atomic E-state index is -0.164. The van der Waals surface area contributed by atoms with Gasteiger partial charge in [-0.2, -0.15) is 0 Å². The molecule has 4 rings (SSSR count). The number of carbonyl (C=O) groups is 1. The lowest BCUT2D eigenvalue weighted by atomic mass is 10.2. The lowest BCUT2D eigenvalue weighted by Crippen LogP contribution is -2.44. The number of piperazine rings is 1. The van der Waals surface area contributed by atoms with Crippen LogP contribution in [0.2, 0.25) is 0 Å². The van der Waals surface area contributed by atoms with Crippen molar-refractivity contribution in [1.82, 2.24) is 9.88 Å². The van der Waals surface area contributed by atoms with Crippen molar-refractivity contribution in [1.29, 1.82) is 0 Å². The maximum Gasteiger partial charge on any atom is 0.275 e. The smallest absolute Gasteiger partial charge is 0.275 e. The number of rotatable bonds is 4. The molecule has 0 saturated carbocycles. The summed E-state index contributed by atoms with van der Waals surface area (Å²) < 4.78 is 0. The molecule has 0 unspecified atom stereocenters. The first-order valence-corrected chi connectivity index (χ1v) is 10.3. The lowest BCUT2D eigenvalue weighted by Gasteiger charge is -2.34. The Hall–Kier alpha value is -2.70. The number of likely N-dealkylation sites (N-methyl/N-ethyl adjacent to an activating group) is 1. The third-order valence-electron chi connectivity index (χ3n) is 5.03. The third kappa shape index (κ3) is 4.08. The Bertz CT molecular complexity index is 944. The predicted octanol–water partition coefficient (Wildman–Crippen LogP) is 4.12. The van der Waals surface area contributed by atoms with Crippen molar-refractivity contribution in [2.75, 3.05) is 43.4 Å². The monoisotopic (exact) mass is 392 g/mol. The number of amides is 1. The molecule has 6 heteroatoms. The Labute approximate surface area is 169 Å². The summed E-state index contributed by atoms with van der Waals surface area (Å²) in [7, 11) is 2.15. The summed E-state index contributed by atoms with van der Waals surface area (Å²) in [6.07, 6.45) is 0. The predicted molar refractivity (Wildman–Crippen MR) is 116 cm³/mol. The van der Waals surface area contributed by atoms with Crippen molar-refractivity contribution in [3.63, 3.8) is 0 Å². The van der Waals surface area contributed by atoms with Crippen LogP contribution in [-0.2, 0) is 0 Å². The number of hydrogen-bond acceptors (Lipinski definition) is 5. The van der Waals surface area contributed by atoms with Crippen LogP contribution in [0.3, 0.4) is 0 Å². The zero-order valence-corrected chi connectivity index (χ0v) is 17.0. The first-order chi connectivity index (χ1) is 13.6. The summed E-state index contributed by atoms with van der Waals surface area (Å²) in [5.74, 6) is -0.164. The van der Waals surface area contributed by atoms with Crippen LogP contribution >= 0.6 is 11.3 Å². The maximum absolute atomic E-state index is 12.7. The van der Waals surface area contributed by atoms with Gasteiger partial charge in [0.15, 0.2) is 0 Å². The Morgan fingerprint density at radius 2 is 1.68 bits per heavy atom. The van der Waals surface area contributed by atoms with E-state index in [9.17, 15) is 4.79 Å². The molecule has 1 fully saturated rings. The van der Waals surface area contributed by atoms with Crippen LogP contribution in [0.4, 0.5) is 11.4 Å². The zero-order valence-electron chi connectivity index (χ0n) is 16.2. The number of aromatic nitrogens is 1. The highest BCUT2D eigenvalue weighted by Crippen LogP contribution is 2.28. The Balaban J connectivity index is 1.44. The van der Waals surface area contributed by atoms with E-state index in [1.807, 2.05) is 49.4 Å². The number of aryl methyl sites for hydroxylation is 1. The summed E-state index contributed by atoms with van der Waals surface area (Å²) in [4.78, 5) is 22.9. The normalized spacial score (nSPS) is 14.9. The molecule has 1 aromatic heterocycles. The van der Waals surface area contributed by atoms with E-state index in [1.165, 1.54) is 5.69 Å². The average Bonchev–Trinajstić information content (AvgIpc) is 3.12. The van der Waals surface area contributed by atoms with Crippen LogP contribution in [0.15, 0.2) is 54.6 Å². The standard InChI is InChI=1S/C22H24N4OS/c1-16-20(24-22(28-16)17-6-4-3-5-7-17)21(27)23-18-8-10-19(11-9-18)26-14-12-25(2)13-15-26/h3-11H,12-15H2,1-2H3,(H,23,27). The van der Waals surface area contributed by atoms with Gasteiger partial charge >= 0.3 is 0 Å². The van der Waals surface area contributed by atoms with E-state index in [-0.39, 0.29) is 5.91 Å². The largest absolute Gasteiger partial charge is 0.369 e. The van der Waals surface area contributed by atoms with E-state index in [0.717, 1.165) is 47.3 Å². The highest BCUT2D eigenvalue weighted by atomic mass is 32.1. The van der Waals surface area contributed by atoms with Gasteiger partial charge in [0.25, 0.3) is 5.91 Å². The van der Waals surface area contributed by atoms with Gasteiger partial charge in [0.2, 0.25) is 0 Å². The van der Waals surface area contributed by atoms with Crippen LogP contribution < -0.4 is 10.2 Å². The number of nitrogens with zero attached hydrogens (tertiary/aromatic N) is 3. The molecule has 0 radical (unpaired) electrons. The summed E-state index contributed by atoms with van der Waals surface area (Å²) in [6.45, 7) is 6.15. The molecule has 2 heterocycles. The number of thiazole rings is 1.